The number of hydrogen-bond donors (Lipinski definition) is 1. The number of fused-ring (bicyclic) bond motifs is 1. The van der Waals surface area contributed by atoms with E-state index in [9.17, 15) is 13.2 Å². The molecule has 0 bridgehead atoms. The third-order valence-corrected chi connectivity index (χ3v) is 7.96. The number of rotatable bonds is 9. The fourth-order valence-electron chi connectivity index (χ4n) is 2.85. The molecule has 2 aromatic carbocycles. The van der Waals surface area contributed by atoms with Crippen LogP contribution in [0.5, 0.6) is 0 Å². The summed E-state index contributed by atoms with van der Waals surface area (Å²) < 4.78 is 34.1. The average molecular weight is 511 g/mol. The van der Waals surface area contributed by atoms with Crippen molar-refractivity contribution in [3.63, 3.8) is 0 Å². The lowest BCUT2D eigenvalue weighted by atomic mass is 10.2. The van der Waals surface area contributed by atoms with E-state index in [0.29, 0.717) is 30.3 Å². The zero-order valence-corrected chi connectivity index (χ0v) is 19.9. The third-order valence-electron chi connectivity index (χ3n) is 4.51. The third kappa shape index (κ3) is 5.21. The fourth-order valence-corrected chi connectivity index (χ4v) is 5.26. The summed E-state index contributed by atoms with van der Waals surface area (Å²) in [6, 6.07) is 13.7. The first kappa shape index (κ1) is 22.7. The fraction of sp³-hybridized carbons (Fsp3) is 0.286. The second kappa shape index (κ2) is 9.91. The quantitative estimate of drug-likeness (QED) is 0.425. The number of nitrogens with zero attached hydrogens (tertiary/aromatic N) is 1. The molecule has 0 spiro atoms. The van der Waals surface area contributed by atoms with Gasteiger partial charge in [0.1, 0.15) is 0 Å². The molecule has 6 nitrogen and oxygen atoms in total. The molecule has 160 valence electrons. The molecule has 1 heterocycles. The van der Waals surface area contributed by atoms with Crippen LogP contribution in [0.4, 0.5) is 5.69 Å². The Labute approximate surface area is 189 Å². The lowest BCUT2D eigenvalue weighted by molar-refractivity contribution is 0.0948. The first-order valence-electron chi connectivity index (χ1n) is 9.47. The topological polar surface area (TPSA) is 75.7 Å². The number of hydrogen-bond acceptors (Lipinski definition) is 5. The van der Waals surface area contributed by atoms with E-state index in [1.807, 2.05) is 13.0 Å². The Kier molecular flexibility index (Phi) is 7.51. The van der Waals surface area contributed by atoms with E-state index in [1.54, 1.807) is 42.5 Å². The lowest BCUT2D eigenvalue weighted by Gasteiger charge is -2.19. The lowest BCUT2D eigenvalue weighted by Crippen LogP contribution is -2.26. The number of benzene rings is 2. The van der Waals surface area contributed by atoms with Crippen LogP contribution in [0.25, 0.3) is 10.1 Å². The molecule has 1 amide bonds. The molecule has 3 aromatic rings. The second-order valence-electron chi connectivity index (χ2n) is 6.57. The summed E-state index contributed by atoms with van der Waals surface area (Å²) in [6.45, 7) is 3.77. The number of carbonyl (C=O) groups excluding carboxylic acids is 1. The van der Waals surface area contributed by atoms with E-state index >= 15 is 0 Å². The smallest absolute Gasteiger partial charge is 0.264 e. The number of sulfonamides is 1. The molecular formula is C21H23BrN2O4S2. The molecule has 0 saturated carbocycles. The molecule has 1 N–H and O–H groups in total. The summed E-state index contributed by atoms with van der Waals surface area (Å²) >= 11 is 4.70. The van der Waals surface area contributed by atoms with Crippen molar-refractivity contribution in [1.82, 2.24) is 5.32 Å². The van der Waals surface area contributed by atoms with Gasteiger partial charge in [0, 0.05) is 36.0 Å². The van der Waals surface area contributed by atoms with Gasteiger partial charge in [0.15, 0.2) is 0 Å². The van der Waals surface area contributed by atoms with Gasteiger partial charge in [0.25, 0.3) is 15.9 Å². The number of anilines is 1. The monoisotopic (exact) mass is 510 g/mol. The van der Waals surface area contributed by atoms with Gasteiger partial charge in [-0.2, -0.15) is 0 Å². The van der Waals surface area contributed by atoms with Crippen LogP contribution >= 0.6 is 27.3 Å². The molecule has 0 saturated heterocycles. The van der Waals surface area contributed by atoms with E-state index in [0.717, 1.165) is 21.0 Å². The molecule has 0 aliphatic rings. The van der Waals surface area contributed by atoms with E-state index in [2.05, 4.69) is 21.2 Å². The SMILES string of the molecule is CCOCCCNC(=O)c1cc2cc(N(C)S(=O)(=O)c3ccc(Br)cc3)ccc2s1. The predicted octanol–water partition coefficient (Wildman–Crippen LogP) is 4.65. The molecule has 0 aliphatic heterocycles. The minimum absolute atomic E-state index is 0.134. The van der Waals surface area contributed by atoms with E-state index in [-0.39, 0.29) is 10.8 Å². The van der Waals surface area contributed by atoms with Crippen LogP contribution in [-0.4, -0.2) is 41.1 Å². The van der Waals surface area contributed by atoms with Gasteiger partial charge in [-0.1, -0.05) is 15.9 Å². The maximum absolute atomic E-state index is 12.9. The van der Waals surface area contributed by atoms with Gasteiger partial charge in [-0.15, -0.1) is 11.3 Å². The number of amides is 1. The Hall–Kier alpha value is -1.94. The summed E-state index contributed by atoms with van der Waals surface area (Å²) in [7, 11) is -2.16. The Morgan fingerprint density at radius 1 is 1.17 bits per heavy atom. The van der Waals surface area contributed by atoms with Crippen LogP contribution in [0.1, 0.15) is 23.0 Å². The van der Waals surface area contributed by atoms with Crippen LogP contribution in [-0.2, 0) is 14.8 Å². The number of nitrogens with one attached hydrogen (secondary N) is 1. The van der Waals surface area contributed by atoms with Gasteiger partial charge >= 0.3 is 0 Å². The summed E-state index contributed by atoms with van der Waals surface area (Å²) in [5.41, 5.74) is 0.534. The van der Waals surface area contributed by atoms with Crippen LogP contribution < -0.4 is 9.62 Å². The summed E-state index contributed by atoms with van der Waals surface area (Å²) in [6.07, 6.45) is 0.757. The molecule has 0 radical (unpaired) electrons. The molecule has 3 rings (SSSR count). The second-order valence-corrected chi connectivity index (χ2v) is 10.5. The molecule has 0 atom stereocenters. The Morgan fingerprint density at radius 3 is 2.60 bits per heavy atom. The highest BCUT2D eigenvalue weighted by molar-refractivity contribution is 9.10. The van der Waals surface area contributed by atoms with Gasteiger partial charge in [-0.05, 0) is 67.3 Å². The van der Waals surface area contributed by atoms with Crippen molar-refractivity contribution in [3.05, 3.63) is 57.9 Å². The number of carbonyl (C=O) groups is 1. The van der Waals surface area contributed by atoms with Crippen LogP contribution in [0, 0.1) is 0 Å². The molecule has 30 heavy (non-hydrogen) atoms. The summed E-state index contributed by atoms with van der Waals surface area (Å²) in [5, 5.41) is 3.72. The van der Waals surface area contributed by atoms with Gasteiger partial charge in [-0.3, -0.25) is 9.10 Å². The van der Waals surface area contributed by atoms with Crippen molar-refractivity contribution < 1.29 is 17.9 Å². The zero-order chi connectivity index (χ0) is 21.7. The van der Waals surface area contributed by atoms with E-state index in [4.69, 9.17) is 4.74 Å². The molecule has 0 fully saturated rings. The zero-order valence-electron chi connectivity index (χ0n) is 16.7. The van der Waals surface area contributed by atoms with Crippen molar-refractivity contribution in [2.75, 3.05) is 31.1 Å². The molecule has 0 aliphatic carbocycles. The van der Waals surface area contributed by atoms with Gasteiger partial charge in [-0.25, -0.2) is 8.42 Å². The van der Waals surface area contributed by atoms with Crippen molar-refractivity contribution in [1.29, 1.82) is 0 Å². The van der Waals surface area contributed by atoms with Crippen LogP contribution in [0.3, 0.4) is 0 Å². The first-order chi connectivity index (χ1) is 14.3. The molecule has 1 aromatic heterocycles. The highest BCUT2D eigenvalue weighted by Gasteiger charge is 2.22. The number of ether oxygens (including phenoxy) is 1. The van der Waals surface area contributed by atoms with Crippen molar-refractivity contribution in [3.8, 4) is 0 Å². The molecule has 0 unspecified atom stereocenters. The van der Waals surface area contributed by atoms with Gasteiger partial charge in [0.05, 0.1) is 15.5 Å². The number of thiophene rings is 1. The minimum Gasteiger partial charge on any atom is -0.382 e. The Balaban J connectivity index is 1.76. The number of halogens is 1. The van der Waals surface area contributed by atoms with Gasteiger partial charge < -0.3 is 10.1 Å². The Morgan fingerprint density at radius 2 is 1.90 bits per heavy atom. The Bertz CT molecular complexity index is 1130. The summed E-state index contributed by atoms with van der Waals surface area (Å²) in [4.78, 5) is 13.2. The van der Waals surface area contributed by atoms with Crippen LogP contribution in [0.15, 0.2) is 57.9 Å². The van der Waals surface area contributed by atoms with Crippen LogP contribution in [0.2, 0.25) is 0 Å². The molecule has 9 heteroatoms. The van der Waals surface area contributed by atoms with Crippen molar-refractivity contribution in [2.24, 2.45) is 0 Å². The average Bonchev–Trinajstić information content (AvgIpc) is 3.16. The first-order valence-corrected chi connectivity index (χ1v) is 12.5. The predicted molar refractivity (Wildman–Crippen MR) is 125 cm³/mol. The molecular weight excluding hydrogens is 488 g/mol. The van der Waals surface area contributed by atoms with Crippen molar-refractivity contribution in [2.45, 2.75) is 18.2 Å². The normalized spacial score (nSPS) is 11.6. The standard InChI is InChI=1S/C21H23BrN2O4S2/c1-3-28-12-4-11-23-21(25)20-14-15-13-17(7-10-19(15)29-20)24(2)30(26,27)18-8-5-16(22)6-9-18/h5-10,13-14H,3-4,11-12H2,1-2H3,(H,23,25). The highest BCUT2D eigenvalue weighted by Crippen LogP contribution is 2.31. The van der Waals surface area contributed by atoms with E-state index < -0.39 is 10.0 Å². The summed E-state index contributed by atoms with van der Waals surface area (Å²) in [5.74, 6) is -0.134. The van der Waals surface area contributed by atoms with Crippen molar-refractivity contribution >= 4 is 59.0 Å². The van der Waals surface area contributed by atoms with E-state index in [1.165, 1.54) is 22.7 Å². The maximum atomic E-state index is 12.9. The maximum Gasteiger partial charge on any atom is 0.264 e. The largest absolute Gasteiger partial charge is 0.382 e. The highest BCUT2D eigenvalue weighted by atomic mass is 79.9. The minimum atomic E-state index is -3.68. The van der Waals surface area contributed by atoms with Gasteiger partial charge in [0.2, 0.25) is 0 Å².